The van der Waals surface area contributed by atoms with Crippen LogP contribution in [0.3, 0.4) is 0 Å². The minimum absolute atomic E-state index is 0.225. The van der Waals surface area contributed by atoms with Gasteiger partial charge in [-0.05, 0) is 0 Å². The first-order chi connectivity index (χ1) is 5.36. The summed E-state index contributed by atoms with van der Waals surface area (Å²) in [5.41, 5.74) is 5.21. The average Bonchev–Trinajstić information content (AvgIpc) is 2.48. The molecule has 1 aromatic rings. The average molecular weight is 177 g/mol. The van der Waals surface area contributed by atoms with Crippen molar-refractivity contribution >= 4 is 11.8 Å². The van der Waals surface area contributed by atoms with E-state index in [0.717, 1.165) is 0 Å². The van der Waals surface area contributed by atoms with Crippen LogP contribution in [0, 0.1) is 0 Å². The molecule has 0 aliphatic heterocycles. The number of alkyl halides is 1. The second-order valence-corrected chi connectivity index (χ2v) is 2.75. The Bertz CT molecular complexity index is 217. The molecule has 11 heavy (non-hydrogen) atoms. The van der Waals surface area contributed by atoms with Crippen LogP contribution in [0.15, 0.2) is 9.64 Å². The molecule has 62 valence electrons. The molecule has 0 bridgehead atoms. The summed E-state index contributed by atoms with van der Waals surface area (Å²) in [5.74, 6) is 0.720. The first-order valence-corrected chi connectivity index (χ1v) is 4.06. The molecule has 0 aliphatic carbocycles. The molecule has 0 aromatic carbocycles. The lowest BCUT2D eigenvalue weighted by atomic mass is 10.7. The first kappa shape index (κ1) is 8.48. The van der Waals surface area contributed by atoms with E-state index in [0.29, 0.717) is 16.9 Å². The molecule has 0 atom stereocenters. The van der Waals surface area contributed by atoms with Crippen LogP contribution in [0.5, 0.6) is 0 Å². The second-order valence-electron chi connectivity index (χ2n) is 1.70. The summed E-state index contributed by atoms with van der Waals surface area (Å²) in [6, 6.07) is 0. The monoisotopic (exact) mass is 177 g/mol. The Morgan fingerprint density at radius 1 is 1.55 bits per heavy atom. The zero-order chi connectivity index (χ0) is 8.10. The first-order valence-electron chi connectivity index (χ1n) is 3.08. The third-order valence-electron chi connectivity index (χ3n) is 0.926. The molecule has 2 N–H and O–H groups in total. The maximum absolute atomic E-state index is 11.6. The smallest absolute Gasteiger partial charge is 0.276 e. The van der Waals surface area contributed by atoms with Gasteiger partial charge in [0, 0.05) is 5.75 Å². The zero-order valence-corrected chi connectivity index (χ0v) is 6.60. The Balaban J connectivity index is 2.44. The van der Waals surface area contributed by atoms with E-state index in [1.807, 2.05) is 0 Å². The van der Waals surface area contributed by atoms with E-state index in [2.05, 4.69) is 10.2 Å². The predicted octanol–water partition coefficient (Wildman–Crippen LogP) is 0.590. The molecular formula is C5H8FN3OS. The Labute approximate surface area is 67.4 Å². The van der Waals surface area contributed by atoms with Crippen molar-refractivity contribution in [2.45, 2.75) is 11.8 Å². The van der Waals surface area contributed by atoms with Gasteiger partial charge in [-0.15, -0.1) is 10.2 Å². The van der Waals surface area contributed by atoms with Gasteiger partial charge in [-0.3, -0.25) is 4.39 Å². The SMILES string of the molecule is NCc1nnc(SCCF)o1. The van der Waals surface area contributed by atoms with Crippen LogP contribution in [-0.2, 0) is 6.54 Å². The molecule has 0 fully saturated rings. The van der Waals surface area contributed by atoms with Crippen molar-refractivity contribution in [2.24, 2.45) is 5.73 Å². The summed E-state index contributed by atoms with van der Waals surface area (Å²) in [6.45, 7) is -0.172. The van der Waals surface area contributed by atoms with Crippen molar-refractivity contribution in [1.29, 1.82) is 0 Å². The highest BCUT2D eigenvalue weighted by molar-refractivity contribution is 7.99. The molecule has 1 rings (SSSR count). The third-order valence-corrected chi connectivity index (χ3v) is 1.70. The third kappa shape index (κ3) is 2.47. The van der Waals surface area contributed by atoms with E-state index in [-0.39, 0.29) is 6.54 Å². The Morgan fingerprint density at radius 3 is 2.91 bits per heavy atom. The van der Waals surface area contributed by atoms with E-state index < -0.39 is 6.67 Å². The largest absolute Gasteiger partial charge is 0.415 e. The molecule has 4 nitrogen and oxygen atoms in total. The van der Waals surface area contributed by atoms with Crippen LogP contribution in [0.4, 0.5) is 4.39 Å². The van der Waals surface area contributed by atoms with Crippen molar-refractivity contribution < 1.29 is 8.81 Å². The Morgan fingerprint density at radius 2 is 2.36 bits per heavy atom. The zero-order valence-electron chi connectivity index (χ0n) is 5.79. The fourth-order valence-electron chi connectivity index (χ4n) is 0.505. The van der Waals surface area contributed by atoms with Gasteiger partial charge in [0.2, 0.25) is 5.89 Å². The number of hydrogen-bond acceptors (Lipinski definition) is 5. The lowest BCUT2D eigenvalue weighted by Gasteiger charge is -1.87. The van der Waals surface area contributed by atoms with Gasteiger partial charge >= 0.3 is 0 Å². The number of hydrogen-bond donors (Lipinski definition) is 1. The number of aromatic nitrogens is 2. The summed E-state index contributed by atoms with van der Waals surface area (Å²) in [7, 11) is 0. The van der Waals surface area contributed by atoms with Gasteiger partial charge in [0.15, 0.2) is 0 Å². The molecule has 1 aromatic heterocycles. The number of thioether (sulfide) groups is 1. The molecule has 0 spiro atoms. The second kappa shape index (κ2) is 4.30. The normalized spacial score (nSPS) is 10.4. The van der Waals surface area contributed by atoms with Crippen molar-refractivity contribution in [3.05, 3.63) is 5.89 Å². The highest BCUT2D eigenvalue weighted by Crippen LogP contribution is 2.14. The van der Waals surface area contributed by atoms with Gasteiger partial charge in [-0.1, -0.05) is 11.8 Å². The fraction of sp³-hybridized carbons (Fsp3) is 0.600. The highest BCUT2D eigenvalue weighted by atomic mass is 32.2. The van der Waals surface area contributed by atoms with E-state index in [1.54, 1.807) is 0 Å². The molecule has 0 saturated carbocycles. The topological polar surface area (TPSA) is 64.9 Å². The summed E-state index contributed by atoms with van der Waals surface area (Å²) in [5, 5.41) is 7.60. The van der Waals surface area contributed by atoms with Crippen molar-refractivity contribution in [3.63, 3.8) is 0 Å². The van der Waals surface area contributed by atoms with Gasteiger partial charge in [0.25, 0.3) is 5.22 Å². The Kier molecular flexibility index (Phi) is 3.31. The molecule has 0 amide bonds. The summed E-state index contributed by atoms with van der Waals surface area (Å²) >= 11 is 1.19. The molecule has 6 heteroatoms. The maximum Gasteiger partial charge on any atom is 0.276 e. The maximum atomic E-state index is 11.6. The van der Waals surface area contributed by atoms with Crippen LogP contribution in [0.2, 0.25) is 0 Å². The van der Waals surface area contributed by atoms with Crippen molar-refractivity contribution in [1.82, 2.24) is 10.2 Å². The van der Waals surface area contributed by atoms with Gasteiger partial charge in [-0.2, -0.15) is 0 Å². The van der Waals surface area contributed by atoms with E-state index in [1.165, 1.54) is 11.8 Å². The summed E-state index contributed by atoms with van der Waals surface area (Å²) in [4.78, 5) is 0. The van der Waals surface area contributed by atoms with E-state index in [9.17, 15) is 4.39 Å². The molecule has 0 saturated heterocycles. The predicted molar refractivity (Wildman–Crippen MR) is 38.9 cm³/mol. The van der Waals surface area contributed by atoms with Crippen LogP contribution >= 0.6 is 11.8 Å². The van der Waals surface area contributed by atoms with Crippen LogP contribution in [0.1, 0.15) is 5.89 Å². The Hall–Kier alpha value is -0.620. The van der Waals surface area contributed by atoms with E-state index in [4.69, 9.17) is 10.2 Å². The van der Waals surface area contributed by atoms with Crippen molar-refractivity contribution in [2.75, 3.05) is 12.4 Å². The number of rotatable bonds is 4. The number of nitrogens with zero attached hydrogens (tertiary/aromatic N) is 2. The molecular weight excluding hydrogens is 169 g/mol. The molecule has 0 radical (unpaired) electrons. The van der Waals surface area contributed by atoms with Gasteiger partial charge < -0.3 is 10.2 Å². The molecule has 1 heterocycles. The fourth-order valence-corrected chi connectivity index (χ4v) is 1.01. The highest BCUT2D eigenvalue weighted by Gasteiger charge is 2.03. The lowest BCUT2D eigenvalue weighted by Crippen LogP contribution is -1.95. The quantitative estimate of drug-likeness (QED) is 0.682. The number of nitrogens with two attached hydrogens (primary N) is 1. The van der Waals surface area contributed by atoms with Crippen LogP contribution in [0.25, 0.3) is 0 Å². The minimum atomic E-state index is -0.398. The van der Waals surface area contributed by atoms with Gasteiger partial charge in [0.05, 0.1) is 13.2 Å². The van der Waals surface area contributed by atoms with E-state index >= 15 is 0 Å². The molecule has 0 aliphatic rings. The summed E-state index contributed by atoms with van der Waals surface area (Å²) < 4.78 is 16.6. The van der Waals surface area contributed by atoms with Gasteiger partial charge in [-0.25, -0.2) is 0 Å². The number of halogens is 1. The lowest BCUT2D eigenvalue weighted by molar-refractivity contribution is 0.414. The molecule has 0 unspecified atom stereocenters. The van der Waals surface area contributed by atoms with Gasteiger partial charge in [0.1, 0.15) is 0 Å². The van der Waals surface area contributed by atoms with Crippen LogP contribution < -0.4 is 5.73 Å². The minimum Gasteiger partial charge on any atom is -0.415 e. The summed E-state index contributed by atoms with van der Waals surface area (Å²) in [6.07, 6.45) is 0. The standard InChI is InChI=1S/C5H8FN3OS/c6-1-2-11-5-9-8-4(3-7)10-5/h1-3,7H2. The van der Waals surface area contributed by atoms with Crippen LogP contribution in [-0.4, -0.2) is 22.6 Å². The van der Waals surface area contributed by atoms with Crippen molar-refractivity contribution in [3.8, 4) is 0 Å².